The molecule has 4 unspecified atom stereocenters. The van der Waals surface area contributed by atoms with Crippen molar-refractivity contribution in [2.24, 2.45) is 5.73 Å². The number of rotatable bonds is 17. The van der Waals surface area contributed by atoms with Gasteiger partial charge in [-0.15, -0.1) is 0 Å². The van der Waals surface area contributed by atoms with Gasteiger partial charge in [0.1, 0.15) is 6.04 Å². The summed E-state index contributed by atoms with van der Waals surface area (Å²) >= 11 is 0. The molecule has 0 radical (unpaired) electrons. The Kier molecular flexibility index (Phi) is 15.0. The Labute approximate surface area is 159 Å². The number of carboxylic acids is 1. The van der Waals surface area contributed by atoms with E-state index in [4.69, 9.17) is 5.73 Å². The van der Waals surface area contributed by atoms with Crippen LogP contribution in [0.3, 0.4) is 0 Å². The molecule has 0 heterocycles. The van der Waals surface area contributed by atoms with Crippen LogP contribution in [0.5, 0.6) is 0 Å². The van der Waals surface area contributed by atoms with Crippen molar-refractivity contribution in [3.05, 3.63) is 0 Å². The molecule has 5 N–H and O–H groups in total. The van der Waals surface area contributed by atoms with Crippen LogP contribution in [0.15, 0.2) is 0 Å². The van der Waals surface area contributed by atoms with E-state index in [9.17, 15) is 20.1 Å². The fourth-order valence-corrected chi connectivity index (χ4v) is 3.41. The van der Waals surface area contributed by atoms with E-state index in [1.165, 1.54) is 45.4 Å². The van der Waals surface area contributed by atoms with E-state index in [1.807, 2.05) is 11.8 Å². The van der Waals surface area contributed by atoms with Crippen molar-refractivity contribution in [2.45, 2.75) is 109 Å². The highest BCUT2D eigenvalue weighted by Crippen LogP contribution is 2.18. The zero-order chi connectivity index (χ0) is 19.9. The zero-order valence-corrected chi connectivity index (χ0v) is 17.1. The summed E-state index contributed by atoms with van der Waals surface area (Å²) in [5, 5.41) is 29.2. The zero-order valence-electron chi connectivity index (χ0n) is 17.1. The van der Waals surface area contributed by atoms with E-state index in [0.717, 1.165) is 19.3 Å². The van der Waals surface area contributed by atoms with Gasteiger partial charge in [0, 0.05) is 19.1 Å². The molecule has 0 amide bonds. The first kappa shape index (κ1) is 25.3. The fraction of sp³-hybridized carbons (Fsp3) is 0.950. The monoisotopic (exact) mass is 374 g/mol. The molecule has 0 aromatic heterocycles. The van der Waals surface area contributed by atoms with Gasteiger partial charge in [-0.05, 0) is 26.7 Å². The highest BCUT2D eigenvalue weighted by atomic mass is 16.4. The van der Waals surface area contributed by atoms with Gasteiger partial charge in [0.25, 0.3) is 0 Å². The number of hydrogen-bond acceptors (Lipinski definition) is 5. The lowest BCUT2D eigenvalue weighted by Crippen LogP contribution is -2.52. The molecular formula is C20H42N2O4. The van der Waals surface area contributed by atoms with Gasteiger partial charge in [-0.3, -0.25) is 9.69 Å². The average Bonchev–Trinajstić information content (AvgIpc) is 2.59. The van der Waals surface area contributed by atoms with Crippen molar-refractivity contribution in [1.82, 2.24) is 4.90 Å². The number of nitrogens with zero attached hydrogens (tertiary/aromatic N) is 1. The van der Waals surface area contributed by atoms with Crippen molar-refractivity contribution < 1.29 is 20.1 Å². The molecule has 26 heavy (non-hydrogen) atoms. The molecule has 4 atom stereocenters. The smallest absolute Gasteiger partial charge is 0.323 e. The van der Waals surface area contributed by atoms with E-state index in [2.05, 4.69) is 6.92 Å². The van der Waals surface area contributed by atoms with Gasteiger partial charge in [-0.1, -0.05) is 58.3 Å². The van der Waals surface area contributed by atoms with Crippen LogP contribution in [0.1, 0.15) is 85.0 Å². The van der Waals surface area contributed by atoms with Crippen LogP contribution < -0.4 is 5.73 Å². The van der Waals surface area contributed by atoms with Gasteiger partial charge in [-0.25, -0.2) is 0 Å². The molecule has 0 saturated heterocycles. The fourth-order valence-electron chi connectivity index (χ4n) is 3.41. The maximum Gasteiger partial charge on any atom is 0.323 e. The number of nitrogens with two attached hydrogens (primary N) is 1. The standard InChI is InChI=1S/C20H42N2O4/c1-4-5-6-7-8-9-10-11-12-16(2)22(14-13-18(24)15-21)19(17(3)23)20(25)26/h16-19,23-24H,4-15,21H2,1-3H3,(H,25,26). The molecule has 6 heteroatoms. The Morgan fingerprint density at radius 1 is 0.962 bits per heavy atom. The second-order valence-electron chi connectivity index (χ2n) is 7.55. The number of carboxylic acid groups (broad SMARTS) is 1. The Balaban J connectivity index is 4.45. The van der Waals surface area contributed by atoms with Crippen LogP contribution in [-0.4, -0.2) is 63.6 Å². The summed E-state index contributed by atoms with van der Waals surface area (Å²) in [4.78, 5) is 13.4. The van der Waals surface area contributed by atoms with Crippen LogP contribution >= 0.6 is 0 Å². The molecule has 156 valence electrons. The second kappa shape index (κ2) is 15.4. The van der Waals surface area contributed by atoms with Crippen LogP contribution in [0, 0.1) is 0 Å². The molecule has 0 aliphatic carbocycles. The largest absolute Gasteiger partial charge is 0.480 e. The first-order chi connectivity index (χ1) is 12.3. The normalized spacial score (nSPS) is 16.4. The summed E-state index contributed by atoms with van der Waals surface area (Å²) in [6.07, 6.45) is 9.59. The SMILES string of the molecule is CCCCCCCCCCC(C)N(CCC(O)CN)C(C(=O)O)C(C)O. The van der Waals surface area contributed by atoms with Gasteiger partial charge >= 0.3 is 5.97 Å². The number of carbonyl (C=O) groups is 1. The van der Waals surface area contributed by atoms with Gasteiger partial charge in [-0.2, -0.15) is 0 Å². The minimum absolute atomic E-state index is 0.0377. The molecule has 0 aromatic carbocycles. The third kappa shape index (κ3) is 11.1. The lowest BCUT2D eigenvalue weighted by molar-refractivity contribution is -0.149. The molecule has 0 rings (SSSR count). The van der Waals surface area contributed by atoms with E-state index < -0.39 is 24.2 Å². The third-order valence-corrected chi connectivity index (χ3v) is 5.10. The summed E-state index contributed by atoms with van der Waals surface area (Å²) in [5.74, 6) is -1.02. The highest BCUT2D eigenvalue weighted by Gasteiger charge is 2.33. The predicted octanol–water partition coefficient (Wildman–Crippen LogP) is 2.75. The van der Waals surface area contributed by atoms with E-state index in [0.29, 0.717) is 13.0 Å². The summed E-state index contributed by atoms with van der Waals surface area (Å²) in [5.41, 5.74) is 5.45. The maximum absolute atomic E-state index is 11.6. The summed E-state index contributed by atoms with van der Waals surface area (Å²) in [6.45, 7) is 6.31. The van der Waals surface area contributed by atoms with Crippen molar-refractivity contribution in [3.8, 4) is 0 Å². The summed E-state index contributed by atoms with van der Waals surface area (Å²) in [7, 11) is 0. The highest BCUT2D eigenvalue weighted by molar-refractivity contribution is 5.74. The number of aliphatic hydroxyl groups is 2. The topological polar surface area (TPSA) is 107 Å². The van der Waals surface area contributed by atoms with Gasteiger partial charge < -0.3 is 21.1 Å². The van der Waals surface area contributed by atoms with Crippen molar-refractivity contribution in [1.29, 1.82) is 0 Å². The molecule has 0 aliphatic heterocycles. The van der Waals surface area contributed by atoms with Crippen molar-refractivity contribution in [3.63, 3.8) is 0 Å². The summed E-state index contributed by atoms with van der Waals surface area (Å²) in [6, 6.07) is -0.917. The molecule has 0 bridgehead atoms. The van der Waals surface area contributed by atoms with E-state index in [-0.39, 0.29) is 12.6 Å². The second-order valence-corrected chi connectivity index (χ2v) is 7.55. The minimum Gasteiger partial charge on any atom is -0.480 e. The first-order valence-corrected chi connectivity index (χ1v) is 10.4. The maximum atomic E-state index is 11.6. The van der Waals surface area contributed by atoms with E-state index >= 15 is 0 Å². The van der Waals surface area contributed by atoms with E-state index in [1.54, 1.807) is 0 Å². The molecule has 0 saturated carbocycles. The molecule has 0 spiro atoms. The van der Waals surface area contributed by atoms with Gasteiger partial charge in [0.15, 0.2) is 0 Å². The van der Waals surface area contributed by atoms with Crippen LogP contribution in [0.2, 0.25) is 0 Å². The summed E-state index contributed by atoms with van der Waals surface area (Å²) < 4.78 is 0. The Hall–Kier alpha value is -0.690. The molecular weight excluding hydrogens is 332 g/mol. The first-order valence-electron chi connectivity index (χ1n) is 10.4. The number of unbranched alkanes of at least 4 members (excludes halogenated alkanes) is 7. The molecule has 0 aromatic rings. The predicted molar refractivity (Wildman–Crippen MR) is 106 cm³/mol. The molecule has 6 nitrogen and oxygen atoms in total. The van der Waals surface area contributed by atoms with Crippen LogP contribution in [0.25, 0.3) is 0 Å². The third-order valence-electron chi connectivity index (χ3n) is 5.10. The Morgan fingerprint density at radius 3 is 1.96 bits per heavy atom. The van der Waals surface area contributed by atoms with Crippen LogP contribution in [0.4, 0.5) is 0 Å². The number of hydrogen-bond donors (Lipinski definition) is 4. The van der Waals surface area contributed by atoms with Gasteiger partial charge in [0.2, 0.25) is 0 Å². The Bertz CT molecular complexity index is 353. The lowest BCUT2D eigenvalue weighted by atomic mass is 10.0. The molecule has 0 fully saturated rings. The number of aliphatic carboxylic acids is 1. The quantitative estimate of drug-likeness (QED) is 0.292. The molecule has 0 aliphatic rings. The van der Waals surface area contributed by atoms with Crippen molar-refractivity contribution in [2.75, 3.05) is 13.1 Å². The average molecular weight is 375 g/mol. The minimum atomic E-state index is -1.02. The van der Waals surface area contributed by atoms with Crippen molar-refractivity contribution >= 4 is 5.97 Å². The number of aliphatic hydroxyl groups excluding tert-OH is 2. The van der Waals surface area contributed by atoms with Crippen LogP contribution in [-0.2, 0) is 4.79 Å². The lowest BCUT2D eigenvalue weighted by Gasteiger charge is -2.36. The van der Waals surface area contributed by atoms with Gasteiger partial charge in [0.05, 0.1) is 12.2 Å². The Morgan fingerprint density at radius 2 is 1.50 bits per heavy atom.